The Morgan fingerprint density at radius 3 is 2.61 bits per heavy atom. The van der Waals surface area contributed by atoms with Crippen LogP contribution in [0.3, 0.4) is 0 Å². The molecule has 3 heterocycles. The molecule has 0 saturated carbocycles. The Bertz CT molecular complexity index is 1390. The zero-order chi connectivity index (χ0) is 26.5. The van der Waals surface area contributed by atoms with Crippen molar-refractivity contribution in [3.63, 3.8) is 0 Å². The fraction of sp³-hybridized carbons (Fsp3) is 0.207. The van der Waals surface area contributed by atoms with E-state index in [0.29, 0.717) is 29.7 Å². The van der Waals surface area contributed by atoms with Gasteiger partial charge in [-0.25, -0.2) is 4.39 Å². The summed E-state index contributed by atoms with van der Waals surface area (Å²) in [6, 6.07) is 22.4. The van der Waals surface area contributed by atoms with Crippen LogP contribution < -0.4 is 15.4 Å². The maximum Gasteiger partial charge on any atom is 0.226 e. The molecule has 1 aliphatic heterocycles. The largest absolute Gasteiger partial charge is 0.494 e. The van der Waals surface area contributed by atoms with Gasteiger partial charge in [-0.15, -0.1) is 0 Å². The van der Waals surface area contributed by atoms with Gasteiger partial charge in [0.15, 0.2) is 5.11 Å². The smallest absolute Gasteiger partial charge is 0.226 e. The van der Waals surface area contributed by atoms with E-state index in [4.69, 9.17) is 21.4 Å². The molecule has 0 aliphatic carbocycles. The normalized spacial score (nSPS) is 16.8. The highest BCUT2D eigenvalue weighted by atomic mass is 32.1. The van der Waals surface area contributed by atoms with Crippen molar-refractivity contribution < 1.29 is 18.3 Å². The number of thiocarbonyl (C=S) groups is 1. The zero-order valence-corrected chi connectivity index (χ0v) is 21.6. The van der Waals surface area contributed by atoms with Gasteiger partial charge in [0.05, 0.1) is 18.3 Å². The third kappa shape index (κ3) is 5.68. The van der Waals surface area contributed by atoms with Gasteiger partial charge in [0.2, 0.25) is 5.91 Å². The first-order valence-electron chi connectivity index (χ1n) is 12.4. The summed E-state index contributed by atoms with van der Waals surface area (Å²) in [5, 5.41) is 6.68. The molecule has 1 amide bonds. The van der Waals surface area contributed by atoms with Crippen LogP contribution >= 0.6 is 12.2 Å². The molecule has 1 aliphatic rings. The first kappa shape index (κ1) is 25.4. The second-order valence-electron chi connectivity index (χ2n) is 8.78. The molecule has 9 heteroatoms. The van der Waals surface area contributed by atoms with E-state index in [1.54, 1.807) is 6.20 Å². The second-order valence-corrected chi connectivity index (χ2v) is 9.17. The molecule has 38 heavy (non-hydrogen) atoms. The number of benzene rings is 2. The first-order chi connectivity index (χ1) is 18.5. The molecule has 2 aromatic heterocycles. The number of hydrogen-bond acceptors (Lipinski definition) is 5. The summed E-state index contributed by atoms with van der Waals surface area (Å²) in [5.41, 5.74) is 2.28. The Labute approximate surface area is 225 Å². The highest BCUT2D eigenvalue weighted by molar-refractivity contribution is 7.80. The number of halogens is 1. The lowest BCUT2D eigenvalue weighted by Gasteiger charge is -2.25. The monoisotopic (exact) mass is 530 g/mol. The van der Waals surface area contributed by atoms with Crippen molar-refractivity contribution in [3.8, 4) is 17.1 Å². The van der Waals surface area contributed by atoms with Crippen molar-refractivity contribution in [3.05, 3.63) is 102 Å². The van der Waals surface area contributed by atoms with Crippen LogP contribution in [-0.4, -0.2) is 34.1 Å². The molecule has 1 saturated heterocycles. The molecule has 2 unspecified atom stereocenters. The molecule has 2 atom stereocenters. The Hall–Kier alpha value is -4.24. The minimum Gasteiger partial charge on any atom is -0.494 e. The third-order valence-corrected chi connectivity index (χ3v) is 6.63. The van der Waals surface area contributed by atoms with Gasteiger partial charge >= 0.3 is 0 Å². The molecule has 7 nitrogen and oxygen atoms in total. The summed E-state index contributed by atoms with van der Waals surface area (Å²) in [6.45, 7) is 2.90. The number of ether oxygens (including phenoxy) is 1. The van der Waals surface area contributed by atoms with Crippen molar-refractivity contribution in [2.75, 3.05) is 18.5 Å². The molecule has 0 bridgehead atoms. The maximum absolute atomic E-state index is 13.2. The lowest BCUT2D eigenvalue weighted by atomic mass is 10.0. The van der Waals surface area contributed by atoms with Crippen LogP contribution in [0.1, 0.15) is 36.9 Å². The van der Waals surface area contributed by atoms with E-state index in [1.165, 1.54) is 24.3 Å². The van der Waals surface area contributed by atoms with Crippen LogP contribution in [0.15, 0.2) is 89.5 Å². The molecular formula is C29H27FN4O3S. The third-order valence-electron chi connectivity index (χ3n) is 6.27. The van der Waals surface area contributed by atoms with E-state index in [-0.39, 0.29) is 30.2 Å². The van der Waals surface area contributed by atoms with Crippen molar-refractivity contribution in [2.24, 2.45) is 0 Å². The molecule has 2 aromatic carbocycles. The Morgan fingerprint density at radius 1 is 1.11 bits per heavy atom. The van der Waals surface area contributed by atoms with Crippen LogP contribution in [0.25, 0.3) is 11.3 Å². The van der Waals surface area contributed by atoms with Crippen molar-refractivity contribution in [1.29, 1.82) is 0 Å². The van der Waals surface area contributed by atoms with Crippen LogP contribution in [0.4, 0.5) is 10.1 Å². The van der Waals surface area contributed by atoms with Gasteiger partial charge < -0.3 is 24.7 Å². The highest BCUT2D eigenvalue weighted by Crippen LogP contribution is 2.40. The number of nitrogens with zero attached hydrogens (tertiary/aromatic N) is 2. The lowest BCUT2D eigenvalue weighted by Crippen LogP contribution is -2.32. The van der Waals surface area contributed by atoms with Crippen LogP contribution in [-0.2, 0) is 4.79 Å². The average Bonchev–Trinajstić information content (AvgIpc) is 3.54. The first-order valence-corrected chi connectivity index (χ1v) is 12.8. The Kier molecular flexibility index (Phi) is 7.65. The van der Waals surface area contributed by atoms with Crippen molar-refractivity contribution in [2.45, 2.75) is 25.4 Å². The lowest BCUT2D eigenvalue weighted by molar-refractivity contribution is -0.116. The van der Waals surface area contributed by atoms with Gasteiger partial charge in [-0.05, 0) is 91.9 Å². The van der Waals surface area contributed by atoms with Gasteiger partial charge in [0.1, 0.15) is 29.1 Å². The highest BCUT2D eigenvalue weighted by Gasteiger charge is 2.41. The molecule has 194 valence electrons. The summed E-state index contributed by atoms with van der Waals surface area (Å²) >= 11 is 5.69. The van der Waals surface area contributed by atoms with E-state index >= 15 is 0 Å². The molecule has 0 spiro atoms. The van der Waals surface area contributed by atoms with E-state index in [1.807, 2.05) is 66.4 Å². The second kappa shape index (κ2) is 11.4. The van der Waals surface area contributed by atoms with Gasteiger partial charge in [-0.1, -0.05) is 6.07 Å². The summed E-state index contributed by atoms with van der Waals surface area (Å²) in [6.07, 6.45) is 1.92. The summed E-state index contributed by atoms with van der Waals surface area (Å²) in [5.74, 6) is 1.66. The Balaban J connectivity index is 1.37. The summed E-state index contributed by atoms with van der Waals surface area (Å²) < 4.78 is 25.1. The minimum absolute atomic E-state index is 0.178. The zero-order valence-electron chi connectivity index (χ0n) is 20.8. The topological polar surface area (TPSA) is 79.6 Å². The van der Waals surface area contributed by atoms with Crippen LogP contribution in [0.2, 0.25) is 0 Å². The van der Waals surface area contributed by atoms with E-state index in [2.05, 4.69) is 15.6 Å². The van der Waals surface area contributed by atoms with Gasteiger partial charge in [-0.3, -0.25) is 9.78 Å². The van der Waals surface area contributed by atoms with Gasteiger partial charge in [0, 0.05) is 30.4 Å². The summed E-state index contributed by atoms with van der Waals surface area (Å²) in [4.78, 5) is 19.2. The molecule has 5 rings (SSSR count). The predicted octanol–water partition coefficient (Wildman–Crippen LogP) is 5.88. The number of pyridine rings is 1. The van der Waals surface area contributed by atoms with Crippen molar-refractivity contribution in [1.82, 2.24) is 15.2 Å². The molecule has 0 radical (unpaired) electrons. The number of amides is 1. The number of aromatic nitrogens is 1. The fourth-order valence-electron chi connectivity index (χ4n) is 4.48. The Morgan fingerprint density at radius 2 is 1.89 bits per heavy atom. The quantitative estimate of drug-likeness (QED) is 0.262. The van der Waals surface area contributed by atoms with E-state index in [0.717, 1.165) is 22.8 Å². The van der Waals surface area contributed by atoms with E-state index < -0.39 is 0 Å². The predicted molar refractivity (Wildman–Crippen MR) is 147 cm³/mol. The number of carbonyl (C=O) groups is 1. The van der Waals surface area contributed by atoms with Crippen LogP contribution in [0, 0.1) is 5.82 Å². The van der Waals surface area contributed by atoms with Crippen molar-refractivity contribution >= 4 is 28.9 Å². The minimum atomic E-state index is -0.358. The fourth-order valence-corrected chi connectivity index (χ4v) is 4.81. The molecule has 2 N–H and O–H groups in total. The number of carbonyl (C=O) groups excluding carboxylic acids is 1. The van der Waals surface area contributed by atoms with E-state index in [9.17, 15) is 9.18 Å². The molecule has 1 fully saturated rings. The standard InChI is InChI=1S/C29H27FN4O3S/c1-2-36-22-12-6-19(7-13-22)24-14-15-25(37-24)28-27(23-5-3-4-17-31-23)33-29(38)34(28)18-16-26(35)32-21-10-8-20(30)9-11-21/h3-15,17,27-28H,2,16,18H2,1H3,(H,32,35)(H,33,38). The number of hydrogen-bond donors (Lipinski definition) is 2. The SMILES string of the molecule is CCOc1ccc(-c2ccc(C3C(c4ccccn4)NC(=S)N3CCC(=O)Nc3ccc(F)cc3)o2)cc1. The van der Waals surface area contributed by atoms with Crippen LogP contribution in [0.5, 0.6) is 5.75 Å². The number of furan rings is 1. The summed E-state index contributed by atoms with van der Waals surface area (Å²) in [7, 11) is 0. The molecular weight excluding hydrogens is 503 g/mol. The number of nitrogens with one attached hydrogen (secondary N) is 2. The molecule has 4 aromatic rings. The van der Waals surface area contributed by atoms with Gasteiger partial charge in [0.25, 0.3) is 0 Å². The number of anilines is 1. The van der Waals surface area contributed by atoms with Gasteiger partial charge in [-0.2, -0.15) is 0 Å². The average molecular weight is 531 g/mol. The maximum atomic E-state index is 13.2. The number of rotatable bonds is 9.